The fraction of sp³-hybridized carbons (Fsp3) is 0.435. The summed E-state index contributed by atoms with van der Waals surface area (Å²) >= 11 is 0. The molecule has 4 aromatic carbocycles. The quantitative estimate of drug-likeness (QED) is 0.138. The van der Waals surface area contributed by atoms with Gasteiger partial charge < -0.3 is 4.74 Å². The molecule has 7 rings (SSSR count). The summed E-state index contributed by atoms with van der Waals surface area (Å²) in [6.45, 7) is 29.2. The van der Waals surface area contributed by atoms with E-state index in [2.05, 4.69) is 156 Å². The van der Waals surface area contributed by atoms with E-state index in [0.29, 0.717) is 5.82 Å². The molecule has 0 spiro atoms. The van der Waals surface area contributed by atoms with E-state index in [4.69, 9.17) is 19.7 Å². The largest absolute Gasteiger partial charge is 0.455 e. The lowest BCUT2D eigenvalue weighted by Crippen LogP contribution is -2.32. The van der Waals surface area contributed by atoms with Crippen LogP contribution in [0.3, 0.4) is 0 Å². The molecular formula is C46H55N4O+. The average Bonchev–Trinajstić information content (AvgIpc) is 3.01. The lowest BCUT2D eigenvalue weighted by atomic mass is 9.80. The molecule has 5 nitrogen and oxygen atoms in total. The Balaban J connectivity index is 1.58. The molecule has 0 bridgehead atoms. The van der Waals surface area contributed by atoms with Crippen molar-refractivity contribution >= 4 is 32.3 Å². The van der Waals surface area contributed by atoms with Crippen LogP contribution in [0.5, 0.6) is 11.5 Å². The van der Waals surface area contributed by atoms with Crippen LogP contribution in [0.4, 0.5) is 0 Å². The van der Waals surface area contributed by atoms with Crippen molar-refractivity contribution < 1.29 is 9.30 Å². The van der Waals surface area contributed by atoms with Crippen LogP contribution in [0, 0.1) is 17.8 Å². The van der Waals surface area contributed by atoms with Gasteiger partial charge in [-0.2, -0.15) is 0 Å². The first-order valence-electron chi connectivity index (χ1n) is 18.5. The van der Waals surface area contributed by atoms with Gasteiger partial charge in [-0.25, -0.2) is 19.5 Å². The van der Waals surface area contributed by atoms with Gasteiger partial charge in [0, 0.05) is 38.8 Å². The summed E-state index contributed by atoms with van der Waals surface area (Å²) in [6.07, 6.45) is 4.14. The van der Waals surface area contributed by atoms with E-state index in [9.17, 15) is 0 Å². The van der Waals surface area contributed by atoms with Crippen molar-refractivity contribution in [1.29, 1.82) is 0 Å². The van der Waals surface area contributed by atoms with Crippen LogP contribution in [0.25, 0.3) is 55.0 Å². The molecule has 264 valence electrons. The highest BCUT2D eigenvalue weighted by Crippen LogP contribution is 2.53. The molecule has 0 amide bonds. The van der Waals surface area contributed by atoms with Crippen molar-refractivity contribution in [3.8, 4) is 34.1 Å². The molecule has 3 heterocycles. The van der Waals surface area contributed by atoms with Gasteiger partial charge in [-0.3, -0.25) is 0 Å². The van der Waals surface area contributed by atoms with E-state index in [-0.39, 0.29) is 21.7 Å². The van der Waals surface area contributed by atoms with E-state index in [1.165, 1.54) is 38.7 Å². The number of ether oxygens (including phenoxy) is 1. The molecule has 51 heavy (non-hydrogen) atoms. The summed E-state index contributed by atoms with van der Waals surface area (Å²) < 4.78 is 9.50. The van der Waals surface area contributed by atoms with Crippen molar-refractivity contribution in [3.05, 3.63) is 83.1 Å². The number of rotatable bonds is 3. The molecule has 2 aromatic heterocycles. The predicted octanol–water partition coefficient (Wildman–Crippen LogP) is 11.7. The maximum atomic E-state index is 7.21. The van der Waals surface area contributed by atoms with E-state index in [1.54, 1.807) is 0 Å². The summed E-state index contributed by atoms with van der Waals surface area (Å²) in [6, 6.07) is 18.1. The number of fused-ring (bicyclic) bond motifs is 5. The SMILES string of the molecule is Cc1c2c(c(CC(C)(C)C)c3ccc(CC(C)(C)C)cc13)Oc1cc3cccc(-c4nc(C(C)(C)C)nc(C(C)(C)C)n4)c3c3cc[n+](C)c-2c13. The van der Waals surface area contributed by atoms with Crippen LogP contribution < -0.4 is 9.30 Å². The highest BCUT2D eigenvalue weighted by molar-refractivity contribution is 6.20. The average molecular weight is 680 g/mol. The molecule has 1 aliphatic heterocycles. The second kappa shape index (κ2) is 11.6. The Hall–Kier alpha value is -4.38. The monoisotopic (exact) mass is 679 g/mol. The normalized spacial score (nSPS) is 13.6. The van der Waals surface area contributed by atoms with Gasteiger partial charge in [0.2, 0.25) is 5.69 Å². The van der Waals surface area contributed by atoms with Crippen molar-refractivity contribution in [2.75, 3.05) is 0 Å². The Bertz CT molecular complexity index is 2360. The Morgan fingerprint density at radius 2 is 1.31 bits per heavy atom. The minimum atomic E-state index is -0.228. The molecule has 0 atom stereocenters. The van der Waals surface area contributed by atoms with Gasteiger partial charge in [0.1, 0.15) is 30.2 Å². The number of aromatic nitrogens is 4. The molecule has 0 fully saturated rings. The third-order valence-corrected chi connectivity index (χ3v) is 10.0. The number of hydrogen-bond donors (Lipinski definition) is 0. The Labute approximate surface area is 304 Å². The summed E-state index contributed by atoms with van der Waals surface area (Å²) in [5.41, 5.74) is 7.12. The van der Waals surface area contributed by atoms with E-state index >= 15 is 0 Å². The molecule has 0 saturated carbocycles. The predicted molar refractivity (Wildman–Crippen MR) is 213 cm³/mol. The number of pyridine rings is 1. The Morgan fingerprint density at radius 1 is 0.667 bits per heavy atom. The number of benzene rings is 4. The third kappa shape index (κ3) is 6.27. The molecule has 0 N–H and O–H groups in total. The molecule has 5 heteroatoms. The van der Waals surface area contributed by atoms with Gasteiger partial charge in [0.05, 0.1) is 10.9 Å². The topological polar surface area (TPSA) is 51.8 Å². The molecule has 0 aliphatic carbocycles. The van der Waals surface area contributed by atoms with Crippen LogP contribution in [0.1, 0.15) is 111 Å². The molecular weight excluding hydrogens is 625 g/mol. The summed E-state index contributed by atoms with van der Waals surface area (Å²) in [5, 5.41) is 7.12. The second-order valence-corrected chi connectivity index (χ2v) is 19.4. The zero-order chi connectivity index (χ0) is 37.0. The summed E-state index contributed by atoms with van der Waals surface area (Å²) in [4.78, 5) is 15.3. The van der Waals surface area contributed by atoms with E-state index in [1.807, 2.05) is 0 Å². The minimum absolute atomic E-state index is 0.0680. The van der Waals surface area contributed by atoms with E-state index < -0.39 is 0 Å². The maximum absolute atomic E-state index is 7.21. The van der Waals surface area contributed by atoms with Crippen LogP contribution in [-0.4, -0.2) is 15.0 Å². The molecule has 1 aliphatic rings. The zero-order valence-corrected chi connectivity index (χ0v) is 33.3. The Morgan fingerprint density at radius 3 is 1.92 bits per heavy atom. The Kier molecular flexibility index (Phi) is 7.95. The number of nitrogens with zero attached hydrogens (tertiary/aromatic N) is 4. The first kappa shape index (κ1) is 35.0. The van der Waals surface area contributed by atoms with Crippen molar-refractivity contribution in [1.82, 2.24) is 15.0 Å². The van der Waals surface area contributed by atoms with Crippen LogP contribution >= 0.6 is 0 Å². The maximum Gasteiger partial charge on any atom is 0.228 e. The van der Waals surface area contributed by atoms with Gasteiger partial charge in [-0.05, 0) is 63.9 Å². The van der Waals surface area contributed by atoms with Crippen LogP contribution in [0.2, 0.25) is 0 Å². The number of hydrogen-bond acceptors (Lipinski definition) is 4. The van der Waals surface area contributed by atoms with Crippen LogP contribution in [-0.2, 0) is 30.7 Å². The van der Waals surface area contributed by atoms with Crippen molar-refractivity contribution in [2.45, 2.75) is 114 Å². The summed E-state index contributed by atoms with van der Waals surface area (Å²) in [5.74, 6) is 4.22. The van der Waals surface area contributed by atoms with Gasteiger partial charge in [-0.1, -0.05) is 119 Å². The first-order valence-corrected chi connectivity index (χ1v) is 18.5. The fourth-order valence-corrected chi connectivity index (χ4v) is 7.72. The highest BCUT2D eigenvalue weighted by Gasteiger charge is 2.35. The molecule has 6 aromatic rings. The zero-order valence-electron chi connectivity index (χ0n) is 33.3. The van der Waals surface area contributed by atoms with Crippen molar-refractivity contribution in [2.24, 2.45) is 17.9 Å². The molecule has 0 radical (unpaired) electrons. The first-order chi connectivity index (χ1) is 23.6. The second-order valence-electron chi connectivity index (χ2n) is 19.4. The van der Waals surface area contributed by atoms with Crippen LogP contribution in [0.15, 0.2) is 54.7 Å². The van der Waals surface area contributed by atoms with Gasteiger partial charge in [0.15, 0.2) is 12.0 Å². The van der Waals surface area contributed by atoms with Gasteiger partial charge in [-0.15, -0.1) is 0 Å². The standard InChI is InChI=1S/C46H55N4O/c1-26-32-22-27(24-43(2,3)4)18-19-29(32)33(25-44(5,6)7)39-35(26)38-37-30(20-21-50(38)14)36-28(23-34(37)51-39)16-15-17-31(36)40-47-41(45(8,9)10)49-42(48-40)46(11,12)13/h15-23H,24-25H2,1-14H3/q+1. The minimum Gasteiger partial charge on any atom is -0.455 e. The molecule has 0 saturated heterocycles. The fourth-order valence-electron chi connectivity index (χ4n) is 7.72. The van der Waals surface area contributed by atoms with Gasteiger partial charge >= 0.3 is 0 Å². The van der Waals surface area contributed by atoms with E-state index in [0.717, 1.165) is 63.1 Å². The number of aryl methyl sites for hydroxylation is 2. The van der Waals surface area contributed by atoms with Gasteiger partial charge in [0.25, 0.3) is 0 Å². The smallest absolute Gasteiger partial charge is 0.228 e. The van der Waals surface area contributed by atoms with Crippen molar-refractivity contribution in [3.63, 3.8) is 0 Å². The molecule has 0 unspecified atom stereocenters. The third-order valence-electron chi connectivity index (χ3n) is 10.0. The lowest BCUT2D eigenvalue weighted by molar-refractivity contribution is -0.659. The highest BCUT2D eigenvalue weighted by atomic mass is 16.5. The summed E-state index contributed by atoms with van der Waals surface area (Å²) in [7, 11) is 2.17. The lowest BCUT2D eigenvalue weighted by Gasteiger charge is -2.29.